The molecule has 0 aliphatic heterocycles. The highest BCUT2D eigenvalue weighted by atomic mass is 32.1. The van der Waals surface area contributed by atoms with E-state index in [0.29, 0.717) is 0 Å². The molecule has 0 saturated carbocycles. The van der Waals surface area contributed by atoms with Crippen LogP contribution in [0.3, 0.4) is 0 Å². The third-order valence-electron chi connectivity index (χ3n) is 11.6. The zero-order chi connectivity index (χ0) is 36.0. The summed E-state index contributed by atoms with van der Waals surface area (Å²) in [7, 11) is 0. The molecule has 0 atom stereocenters. The molecule has 2 nitrogen and oxygen atoms in total. The monoisotopic (exact) mass is 708 g/mol. The lowest BCUT2D eigenvalue weighted by molar-refractivity contribution is 0.660. The van der Waals surface area contributed by atoms with Gasteiger partial charge in [0.25, 0.3) is 0 Å². The van der Waals surface area contributed by atoms with Crippen molar-refractivity contribution >= 4 is 70.4 Å². The number of benzene rings is 8. The third-order valence-corrected chi connectivity index (χ3v) is 12.7. The van der Waals surface area contributed by atoms with E-state index in [1.165, 1.54) is 75.4 Å². The maximum atomic E-state index is 2.44. The van der Waals surface area contributed by atoms with Gasteiger partial charge in [0.15, 0.2) is 0 Å². The Hall–Kier alpha value is -6.42. The van der Waals surface area contributed by atoms with Crippen molar-refractivity contribution in [2.24, 2.45) is 0 Å². The van der Waals surface area contributed by atoms with E-state index >= 15 is 0 Å². The van der Waals surface area contributed by atoms with Crippen LogP contribution in [0, 0.1) is 0 Å². The molecule has 3 heteroatoms. The number of aromatic nitrogens is 1. The molecule has 54 heavy (non-hydrogen) atoms. The first-order valence-electron chi connectivity index (χ1n) is 18.7. The summed E-state index contributed by atoms with van der Waals surface area (Å²) >= 11 is 1.87. The van der Waals surface area contributed by atoms with Crippen LogP contribution in [0.4, 0.5) is 17.1 Å². The van der Waals surface area contributed by atoms with Crippen LogP contribution in [0.1, 0.15) is 25.0 Å². The van der Waals surface area contributed by atoms with Crippen molar-refractivity contribution in [3.05, 3.63) is 193 Å². The first-order valence-corrected chi connectivity index (χ1v) is 19.5. The van der Waals surface area contributed by atoms with Gasteiger partial charge in [-0.15, -0.1) is 11.3 Å². The molecule has 0 N–H and O–H groups in total. The number of hydrogen-bond donors (Lipinski definition) is 0. The fourth-order valence-corrected chi connectivity index (χ4v) is 10.0. The Morgan fingerprint density at radius 1 is 0.426 bits per heavy atom. The number of rotatable bonds is 5. The van der Waals surface area contributed by atoms with Gasteiger partial charge >= 0.3 is 0 Å². The standard InChI is InChI=1S/C51H36N2S/c1-51(2)45-31-34(33-21-29-50-44(30-33)43-16-8-11-19-49(43)54-50)20-27-39(45)40-28-26-38(32-46(40)51)52(35-12-4-3-5-13-35)36-22-24-37(25-23-36)53-47-17-9-6-14-41(47)42-15-7-10-18-48(42)53/h3-32H,1-2H3. The van der Waals surface area contributed by atoms with Crippen molar-refractivity contribution in [2.45, 2.75) is 19.3 Å². The van der Waals surface area contributed by atoms with E-state index in [4.69, 9.17) is 0 Å². The van der Waals surface area contributed by atoms with Crippen LogP contribution in [0.25, 0.3) is 69.9 Å². The van der Waals surface area contributed by atoms with Gasteiger partial charge in [0, 0.05) is 59.1 Å². The number of nitrogens with zero attached hydrogens (tertiary/aromatic N) is 2. The quantitative estimate of drug-likeness (QED) is 0.173. The van der Waals surface area contributed by atoms with Crippen molar-refractivity contribution < 1.29 is 0 Å². The Bertz CT molecular complexity index is 3020. The molecule has 8 aromatic carbocycles. The van der Waals surface area contributed by atoms with Crippen LogP contribution >= 0.6 is 11.3 Å². The normalized spacial score (nSPS) is 13.1. The Morgan fingerprint density at radius 3 is 1.70 bits per heavy atom. The summed E-state index contributed by atoms with van der Waals surface area (Å²) in [6.07, 6.45) is 0. The number of para-hydroxylation sites is 3. The SMILES string of the molecule is CC1(C)c2cc(-c3ccc4sc5ccccc5c4c3)ccc2-c2ccc(N(c3ccccc3)c3ccc(-n4c5ccccc5c5ccccc54)cc3)cc21. The molecule has 0 radical (unpaired) electrons. The molecule has 0 bridgehead atoms. The van der Waals surface area contributed by atoms with Crippen molar-refractivity contribution in [3.8, 4) is 27.9 Å². The molecule has 2 aromatic heterocycles. The molecule has 2 heterocycles. The third kappa shape index (κ3) is 4.65. The fraction of sp³-hybridized carbons (Fsp3) is 0.0588. The maximum Gasteiger partial charge on any atom is 0.0541 e. The van der Waals surface area contributed by atoms with E-state index in [0.717, 1.165) is 22.7 Å². The summed E-state index contributed by atoms with van der Waals surface area (Å²) in [6.45, 7) is 4.77. The molecule has 10 aromatic rings. The average molecular weight is 709 g/mol. The predicted molar refractivity (Wildman–Crippen MR) is 231 cm³/mol. The zero-order valence-electron chi connectivity index (χ0n) is 30.1. The van der Waals surface area contributed by atoms with Gasteiger partial charge in [0.1, 0.15) is 0 Å². The van der Waals surface area contributed by atoms with Crippen LogP contribution in [-0.2, 0) is 5.41 Å². The van der Waals surface area contributed by atoms with Crippen LogP contribution in [0.2, 0.25) is 0 Å². The minimum absolute atomic E-state index is 0.168. The molecular formula is C51H36N2S. The molecule has 0 saturated heterocycles. The Kier molecular flexibility index (Phi) is 6.80. The highest BCUT2D eigenvalue weighted by Gasteiger charge is 2.36. The average Bonchev–Trinajstić information content (AvgIpc) is 3.84. The van der Waals surface area contributed by atoms with Gasteiger partial charge in [-0.2, -0.15) is 0 Å². The minimum Gasteiger partial charge on any atom is -0.310 e. The van der Waals surface area contributed by atoms with E-state index in [1.807, 2.05) is 11.3 Å². The molecule has 1 aliphatic rings. The van der Waals surface area contributed by atoms with Crippen molar-refractivity contribution in [2.75, 3.05) is 4.90 Å². The van der Waals surface area contributed by atoms with Crippen molar-refractivity contribution in [3.63, 3.8) is 0 Å². The molecule has 0 amide bonds. The number of thiophene rings is 1. The molecule has 11 rings (SSSR count). The lowest BCUT2D eigenvalue weighted by Gasteiger charge is -2.28. The Labute approximate surface area is 318 Å². The summed E-state index contributed by atoms with van der Waals surface area (Å²) in [5.74, 6) is 0. The van der Waals surface area contributed by atoms with Crippen LogP contribution in [0.15, 0.2) is 182 Å². The Morgan fingerprint density at radius 2 is 0.963 bits per heavy atom. The summed E-state index contributed by atoms with van der Waals surface area (Å²) in [4.78, 5) is 2.39. The first kappa shape index (κ1) is 31.1. The minimum atomic E-state index is -0.168. The lowest BCUT2D eigenvalue weighted by atomic mass is 9.81. The summed E-state index contributed by atoms with van der Waals surface area (Å²) in [5, 5.41) is 5.22. The van der Waals surface area contributed by atoms with Gasteiger partial charge in [-0.1, -0.05) is 111 Å². The second-order valence-electron chi connectivity index (χ2n) is 15.0. The van der Waals surface area contributed by atoms with Crippen LogP contribution < -0.4 is 4.90 Å². The zero-order valence-corrected chi connectivity index (χ0v) is 30.9. The number of fused-ring (bicyclic) bond motifs is 9. The first-order chi connectivity index (χ1) is 26.5. The van der Waals surface area contributed by atoms with Gasteiger partial charge < -0.3 is 9.47 Å². The van der Waals surface area contributed by atoms with Crippen molar-refractivity contribution in [1.82, 2.24) is 4.57 Å². The Balaban J connectivity index is 0.989. The smallest absolute Gasteiger partial charge is 0.0541 e. The molecule has 0 fully saturated rings. The van der Waals surface area contributed by atoms with Gasteiger partial charge in [-0.25, -0.2) is 0 Å². The highest BCUT2D eigenvalue weighted by molar-refractivity contribution is 7.25. The maximum absolute atomic E-state index is 2.44. The fourth-order valence-electron chi connectivity index (χ4n) is 8.93. The van der Waals surface area contributed by atoms with E-state index in [-0.39, 0.29) is 5.41 Å². The molecule has 1 aliphatic carbocycles. The molecule has 256 valence electrons. The van der Waals surface area contributed by atoms with Gasteiger partial charge in [0.05, 0.1) is 11.0 Å². The highest BCUT2D eigenvalue weighted by Crippen LogP contribution is 2.52. The summed E-state index contributed by atoms with van der Waals surface area (Å²) in [6, 6.07) is 67.0. The molecular weight excluding hydrogens is 673 g/mol. The summed E-state index contributed by atoms with van der Waals surface area (Å²) < 4.78 is 5.06. The molecule has 0 unspecified atom stereocenters. The van der Waals surface area contributed by atoms with E-state index in [9.17, 15) is 0 Å². The van der Waals surface area contributed by atoms with Crippen molar-refractivity contribution in [1.29, 1.82) is 0 Å². The largest absolute Gasteiger partial charge is 0.310 e. The van der Waals surface area contributed by atoms with Gasteiger partial charge in [-0.05, 0) is 118 Å². The number of anilines is 3. The second kappa shape index (κ2) is 11.8. The predicted octanol–water partition coefficient (Wildman–Crippen LogP) is 14.6. The number of hydrogen-bond acceptors (Lipinski definition) is 2. The van der Waals surface area contributed by atoms with Gasteiger partial charge in [0.2, 0.25) is 0 Å². The van der Waals surface area contributed by atoms with E-state index in [1.54, 1.807) is 0 Å². The van der Waals surface area contributed by atoms with Crippen LogP contribution in [0.5, 0.6) is 0 Å². The van der Waals surface area contributed by atoms with E-state index in [2.05, 4.69) is 205 Å². The topological polar surface area (TPSA) is 8.17 Å². The lowest BCUT2D eigenvalue weighted by Crippen LogP contribution is -2.16. The van der Waals surface area contributed by atoms with Crippen LogP contribution in [-0.4, -0.2) is 4.57 Å². The summed E-state index contributed by atoms with van der Waals surface area (Å²) in [5.41, 5.74) is 14.7. The molecule has 0 spiro atoms. The van der Waals surface area contributed by atoms with Gasteiger partial charge in [-0.3, -0.25) is 0 Å². The second-order valence-corrected chi connectivity index (χ2v) is 16.1. The van der Waals surface area contributed by atoms with E-state index < -0.39 is 0 Å².